The molecule has 1 aromatic rings. The standard InChI is InChI=1S/C18H29N5O/c24-18(15-7-8-17-19-14-20-23(17)13-15)22-10-4-9-21(11-12-22)16-5-2-1-3-6-16/h14-16H,1-13H2. The molecule has 1 atom stereocenters. The molecule has 132 valence electrons. The molecular weight excluding hydrogens is 302 g/mol. The summed E-state index contributed by atoms with van der Waals surface area (Å²) in [6.07, 6.45) is 11.4. The maximum Gasteiger partial charge on any atom is 0.227 e. The van der Waals surface area contributed by atoms with Crippen molar-refractivity contribution in [2.45, 2.75) is 64.0 Å². The zero-order valence-corrected chi connectivity index (χ0v) is 14.6. The predicted octanol–water partition coefficient (Wildman–Crippen LogP) is 1.71. The van der Waals surface area contributed by atoms with E-state index in [1.54, 1.807) is 6.33 Å². The molecule has 1 saturated carbocycles. The minimum atomic E-state index is 0.0837. The molecule has 2 fully saturated rings. The second-order valence-electron chi connectivity index (χ2n) is 7.60. The second-order valence-corrected chi connectivity index (χ2v) is 7.60. The van der Waals surface area contributed by atoms with Gasteiger partial charge >= 0.3 is 0 Å². The van der Waals surface area contributed by atoms with Crippen LogP contribution in [0, 0.1) is 5.92 Å². The number of aryl methyl sites for hydroxylation is 1. The summed E-state index contributed by atoms with van der Waals surface area (Å²) in [7, 11) is 0. The van der Waals surface area contributed by atoms with Gasteiger partial charge in [0.2, 0.25) is 5.91 Å². The number of rotatable bonds is 2. The summed E-state index contributed by atoms with van der Waals surface area (Å²) in [5.74, 6) is 1.44. The minimum absolute atomic E-state index is 0.0837. The van der Waals surface area contributed by atoms with Crippen LogP contribution in [0.25, 0.3) is 0 Å². The fourth-order valence-electron chi connectivity index (χ4n) is 4.67. The molecule has 0 radical (unpaired) electrons. The Morgan fingerprint density at radius 2 is 1.88 bits per heavy atom. The first-order valence-electron chi connectivity index (χ1n) is 9.71. The molecule has 1 aliphatic carbocycles. The molecule has 0 bridgehead atoms. The quantitative estimate of drug-likeness (QED) is 0.828. The van der Waals surface area contributed by atoms with Crippen LogP contribution in [0.15, 0.2) is 6.33 Å². The van der Waals surface area contributed by atoms with Crippen LogP contribution < -0.4 is 0 Å². The molecule has 6 nitrogen and oxygen atoms in total. The summed E-state index contributed by atoms with van der Waals surface area (Å²) in [5.41, 5.74) is 0. The van der Waals surface area contributed by atoms with Gasteiger partial charge < -0.3 is 4.90 Å². The highest BCUT2D eigenvalue weighted by Crippen LogP contribution is 2.25. The lowest BCUT2D eigenvalue weighted by molar-refractivity contribution is -0.136. The Hall–Kier alpha value is -1.43. The molecule has 1 saturated heterocycles. The number of aromatic nitrogens is 3. The molecule has 0 aromatic carbocycles. The number of nitrogens with zero attached hydrogens (tertiary/aromatic N) is 5. The highest BCUT2D eigenvalue weighted by atomic mass is 16.2. The maximum atomic E-state index is 13.0. The second kappa shape index (κ2) is 7.21. The van der Waals surface area contributed by atoms with Crippen LogP contribution in [-0.2, 0) is 17.8 Å². The molecule has 3 aliphatic rings. The van der Waals surface area contributed by atoms with Gasteiger partial charge in [0.15, 0.2) is 0 Å². The minimum Gasteiger partial charge on any atom is -0.341 e. The van der Waals surface area contributed by atoms with Crippen molar-refractivity contribution >= 4 is 5.91 Å². The van der Waals surface area contributed by atoms with Crippen LogP contribution in [0.2, 0.25) is 0 Å². The van der Waals surface area contributed by atoms with Gasteiger partial charge in [0.05, 0.1) is 12.5 Å². The average molecular weight is 331 g/mol. The van der Waals surface area contributed by atoms with E-state index in [0.717, 1.165) is 57.3 Å². The van der Waals surface area contributed by atoms with Gasteiger partial charge in [-0.05, 0) is 25.7 Å². The Morgan fingerprint density at radius 3 is 2.75 bits per heavy atom. The number of amides is 1. The van der Waals surface area contributed by atoms with Crippen molar-refractivity contribution < 1.29 is 4.79 Å². The Labute approximate surface area is 144 Å². The van der Waals surface area contributed by atoms with Gasteiger partial charge in [0.25, 0.3) is 0 Å². The summed E-state index contributed by atoms with van der Waals surface area (Å²) in [6, 6.07) is 0.765. The largest absolute Gasteiger partial charge is 0.341 e. The van der Waals surface area contributed by atoms with E-state index in [4.69, 9.17) is 0 Å². The monoisotopic (exact) mass is 331 g/mol. The Balaban J connectivity index is 1.34. The van der Waals surface area contributed by atoms with Gasteiger partial charge in [-0.3, -0.25) is 9.69 Å². The topological polar surface area (TPSA) is 54.3 Å². The normalized spacial score (nSPS) is 26.8. The molecular formula is C18H29N5O. The van der Waals surface area contributed by atoms with Crippen molar-refractivity contribution in [2.75, 3.05) is 26.2 Å². The first-order chi connectivity index (χ1) is 11.8. The fraction of sp³-hybridized carbons (Fsp3) is 0.833. The SMILES string of the molecule is O=C(C1CCc2ncnn2C1)N1CCCN(C2CCCCC2)CC1. The van der Waals surface area contributed by atoms with Crippen molar-refractivity contribution in [1.82, 2.24) is 24.6 Å². The average Bonchev–Trinajstić information content (AvgIpc) is 2.96. The Morgan fingerprint density at radius 1 is 1.00 bits per heavy atom. The van der Waals surface area contributed by atoms with E-state index in [2.05, 4.69) is 19.9 Å². The van der Waals surface area contributed by atoms with E-state index in [-0.39, 0.29) is 5.92 Å². The van der Waals surface area contributed by atoms with Crippen LogP contribution in [0.1, 0.15) is 50.8 Å². The molecule has 6 heteroatoms. The van der Waals surface area contributed by atoms with Crippen LogP contribution in [0.4, 0.5) is 0 Å². The van der Waals surface area contributed by atoms with E-state index in [1.807, 2.05) is 4.68 Å². The number of hydrogen-bond acceptors (Lipinski definition) is 4. The van der Waals surface area contributed by atoms with Crippen LogP contribution >= 0.6 is 0 Å². The van der Waals surface area contributed by atoms with E-state index in [1.165, 1.54) is 32.1 Å². The van der Waals surface area contributed by atoms with Gasteiger partial charge in [-0.1, -0.05) is 19.3 Å². The highest BCUT2D eigenvalue weighted by molar-refractivity contribution is 5.79. The smallest absolute Gasteiger partial charge is 0.227 e. The third kappa shape index (κ3) is 3.34. The highest BCUT2D eigenvalue weighted by Gasteiger charge is 2.31. The summed E-state index contributed by atoms with van der Waals surface area (Å²) in [5, 5.41) is 4.25. The summed E-state index contributed by atoms with van der Waals surface area (Å²) >= 11 is 0. The number of hydrogen-bond donors (Lipinski definition) is 0. The van der Waals surface area contributed by atoms with Gasteiger partial charge in [-0.2, -0.15) is 5.10 Å². The van der Waals surface area contributed by atoms with E-state index >= 15 is 0 Å². The predicted molar refractivity (Wildman–Crippen MR) is 91.5 cm³/mol. The maximum absolute atomic E-state index is 13.0. The number of fused-ring (bicyclic) bond motifs is 1. The zero-order chi connectivity index (χ0) is 16.4. The van der Waals surface area contributed by atoms with E-state index < -0.39 is 0 Å². The summed E-state index contributed by atoms with van der Waals surface area (Å²) in [4.78, 5) is 22.0. The van der Waals surface area contributed by atoms with Crippen molar-refractivity contribution in [3.8, 4) is 0 Å². The van der Waals surface area contributed by atoms with E-state index in [9.17, 15) is 4.79 Å². The van der Waals surface area contributed by atoms with Crippen LogP contribution in [0.5, 0.6) is 0 Å². The van der Waals surface area contributed by atoms with Crippen molar-refractivity contribution in [3.05, 3.63) is 12.2 Å². The molecule has 2 aliphatic heterocycles. The van der Waals surface area contributed by atoms with Crippen molar-refractivity contribution in [2.24, 2.45) is 5.92 Å². The lowest BCUT2D eigenvalue weighted by atomic mass is 9.94. The van der Waals surface area contributed by atoms with Gasteiger partial charge in [-0.25, -0.2) is 9.67 Å². The van der Waals surface area contributed by atoms with Gasteiger partial charge in [-0.15, -0.1) is 0 Å². The Bertz CT molecular complexity index is 566. The van der Waals surface area contributed by atoms with Crippen molar-refractivity contribution in [3.63, 3.8) is 0 Å². The summed E-state index contributed by atoms with van der Waals surface area (Å²) in [6.45, 7) is 4.74. The number of carbonyl (C=O) groups is 1. The molecule has 24 heavy (non-hydrogen) atoms. The lowest BCUT2D eigenvalue weighted by Gasteiger charge is -2.33. The molecule has 0 N–H and O–H groups in total. The third-order valence-electron chi connectivity index (χ3n) is 6.09. The lowest BCUT2D eigenvalue weighted by Crippen LogP contribution is -2.43. The molecule has 1 aromatic heterocycles. The molecule has 1 amide bonds. The molecule has 3 heterocycles. The van der Waals surface area contributed by atoms with Gasteiger partial charge in [0.1, 0.15) is 12.2 Å². The van der Waals surface area contributed by atoms with Gasteiger partial charge in [0, 0.05) is 38.6 Å². The van der Waals surface area contributed by atoms with Crippen LogP contribution in [0.3, 0.4) is 0 Å². The Kier molecular flexibility index (Phi) is 4.83. The first-order valence-corrected chi connectivity index (χ1v) is 9.71. The molecule has 1 unspecified atom stereocenters. The zero-order valence-electron chi connectivity index (χ0n) is 14.6. The summed E-state index contributed by atoms with van der Waals surface area (Å²) < 4.78 is 1.91. The van der Waals surface area contributed by atoms with Crippen molar-refractivity contribution in [1.29, 1.82) is 0 Å². The third-order valence-corrected chi connectivity index (χ3v) is 6.09. The molecule has 4 rings (SSSR count). The van der Waals surface area contributed by atoms with Crippen LogP contribution in [-0.4, -0.2) is 62.7 Å². The first kappa shape index (κ1) is 16.1. The van der Waals surface area contributed by atoms with E-state index in [0.29, 0.717) is 12.5 Å². The fourth-order valence-corrected chi connectivity index (χ4v) is 4.67. The number of carbonyl (C=O) groups excluding carboxylic acids is 1. The molecule has 0 spiro atoms.